The summed E-state index contributed by atoms with van der Waals surface area (Å²) in [5, 5.41) is 6.39. The van der Waals surface area contributed by atoms with Crippen molar-refractivity contribution < 1.29 is 13.2 Å². The van der Waals surface area contributed by atoms with E-state index in [4.69, 9.17) is 5.14 Å². The van der Waals surface area contributed by atoms with E-state index in [2.05, 4.69) is 16.0 Å². The van der Waals surface area contributed by atoms with Crippen LogP contribution in [0.4, 0.5) is 0 Å². The van der Waals surface area contributed by atoms with E-state index in [1.807, 2.05) is 12.3 Å². The lowest BCUT2D eigenvalue weighted by Gasteiger charge is -2.32. The zero-order chi connectivity index (χ0) is 19.9. The van der Waals surface area contributed by atoms with Crippen molar-refractivity contribution in [3.05, 3.63) is 59.4 Å². The number of hydrogen-bond acceptors (Lipinski definition) is 4. The number of hydrogen-bond donors (Lipinski definition) is 2. The SMILES string of the molecule is Cc1ccc(C(=O)N2CCC(c3c[nH]c4ncccc34)CC2)cc1S(N)(=O)=O. The van der Waals surface area contributed by atoms with Crippen molar-refractivity contribution >= 4 is 27.0 Å². The Bertz CT molecular complexity index is 1150. The number of piperidine rings is 1. The fraction of sp³-hybridized carbons (Fsp3) is 0.300. The van der Waals surface area contributed by atoms with Crippen molar-refractivity contribution in [2.24, 2.45) is 5.14 Å². The van der Waals surface area contributed by atoms with E-state index < -0.39 is 10.0 Å². The number of primary sulfonamides is 1. The van der Waals surface area contributed by atoms with Crippen LogP contribution in [0.25, 0.3) is 11.0 Å². The summed E-state index contributed by atoms with van der Waals surface area (Å²) in [5.74, 6) is 0.198. The summed E-state index contributed by atoms with van der Waals surface area (Å²) in [6.07, 6.45) is 5.47. The van der Waals surface area contributed by atoms with E-state index in [1.54, 1.807) is 30.2 Å². The van der Waals surface area contributed by atoms with Gasteiger partial charge >= 0.3 is 0 Å². The number of aryl methyl sites for hydroxylation is 1. The summed E-state index contributed by atoms with van der Waals surface area (Å²) in [7, 11) is -3.86. The first-order valence-corrected chi connectivity index (χ1v) is 10.7. The molecule has 8 heteroatoms. The number of amides is 1. The zero-order valence-corrected chi connectivity index (χ0v) is 16.4. The van der Waals surface area contributed by atoms with Crippen LogP contribution in [0, 0.1) is 6.92 Å². The number of benzene rings is 1. The first-order valence-electron chi connectivity index (χ1n) is 9.19. The number of pyridine rings is 1. The largest absolute Gasteiger partial charge is 0.346 e. The molecule has 28 heavy (non-hydrogen) atoms. The Morgan fingerprint density at radius 2 is 2.00 bits per heavy atom. The number of nitrogens with two attached hydrogens (primary N) is 1. The molecule has 1 saturated heterocycles. The Hall–Kier alpha value is -2.71. The topological polar surface area (TPSA) is 109 Å². The van der Waals surface area contributed by atoms with Crippen molar-refractivity contribution in [3.8, 4) is 0 Å². The summed E-state index contributed by atoms with van der Waals surface area (Å²) in [5.41, 5.74) is 3.00. The van der Waals surface area contributed by atoms with Crippen molar-refractivity contribution in [1.82, 2.24) is 14.9 Å². The van der Waals surface area contributed by atoms with Gasteiger partial charge < -0.3 is 9.88 Å². The van der Waals surface area contributed by atoms with Crippen LogP contribution in [0.5, 0.6) is 0 Å². The van der Waals surface area contributed by atoms with E-state index in [1.165, 1.54) is 11.6 Å². The molecular weight excluding hydrogens is 376 g/mol. The van der Waals surface area contributed by atoms with Crippen LogP contribution >= 0.6 is 0 Å². The highest BCUT2D eigenvalue weighted by Gasteiger charge is 2.27. The lowest BCUT2D eigenvalue weighted by atomic mass is 9.89. The minimum absolute atomic E-state index is 0.000437. The number of sulfonamides is 1. The number of carbonyl (C=O) groups is 1. The van der Waals surface area contributed by atoms with Gasteiger partial charge in [0.2, 0.25) is 10.0 Å². The second kappa shape index (κ2) is 7.03. The van der Waals surface area contributed by atoms with Gasteiger partial charge in [0.05, 0.1) is 4.90 Å². The van der Waals surface area contributed by atoms with Crippen LogP contribution < -0.4 is 5.14 Å². The Labute approximate surface area is 163 Å². The first kappa shape index (κ1) is 18.6. The summed E-state index contributed by atoms with van der Waals surface area (Å²) >= 11 is 0. The third-order valence-electron chi connectivity index (χ3n) is 5.45. The molecule has 3 N–H and O–H groups in total. The van der Waals surface area contributed by atoms with Crippen molar-refractivity contribution in [1.29, 1.82) is 0 Å². The van der Waals surface area contributed by atoms with Crippen LogP contribution in [0.3, 0.4) is 0 Å². The maximum absolute atomic E-state index is 12.9. The quantitative estimate of drug-likeness (QED) is 0.706. The van der Waals surface area contributed by atoms with E-state index in [0.29, 0.717) is 30.1 Å². The molecule has 1 aliphatic rings. The minimum Gasteiger partial charge on any atom is -0.346 e. The number of rotatable bonds is 3. The molecule has 7 nitrogen and oxygen atoms in total. The van der Waals surface area contributed by atoms with Gasteiger partial charge in [-0.15, -0.1) is 0 Å². The molecule has 0 aliphatic carbocycles. The number of nitrogens with zero attached hydrogens (tertiary/aromatic N) is 2. The van der Waals surface area contributed by atoms with Crippen LogP contribution in [-0.2, 0) is 10.0 Å². The third kappa shape index (κ3) is 3.41. The second-order valence-electron chi connectivity index (χ2n) is 7.24. The van der Waals surface area contributed by atoms with E-state index in [0.717, 1.165) is 23.9 Å². The fourth-order valence-corrected chi connectivity index (χ4v) is 4.74. The molecule has 0 atom stereocenters. The Kier molecular flexibility index (Phi) is 4.68. The van der Waals surface area contributed by atoms with Gasteiger partial charge in [-0.25, -0.2) is 18.5 Å². The lowest BCUT2D eigenvalue weighted by molar-refractivity contribution is 0.0713. The highest BCUT2D eigenvalue weighted by Crippen LogP contribution is 2.33. The zero-order valence-electron chi connectivity index (χ0n) is 15.6. The average molecular weight is 398 g/mol. The van der Waals surface area contributed by atoms with E-state index in [9.17, 15) is 13.2 Å². The molecule has 0 unspecified atom stereocenters. The van der Waals surface area contributed by atoms with Crippen LogP contribution in [0.15, 0.2) is 47.6 Å². The van der Waals surface area contributed by atoms with E-state index >= 15 is 0 Å². The Morgan fingerprint density at radius 1 is 1.25 bits per heavy atom. The highest BCUT2D eigenvalue weighted by molar-refractivity contribution is 7.89. The molecule has 0 radical (unpaired) electrons. The summed E-state index contributed by atoms with van der Waals surface area (Å²) in [6, 6.07) is 8.65. The molecule has 3 heterocycles. The Balaban J connectivity index is 1.50. The molecular formula is C20H22N4O3S. The molecule has 4 rings (SSSR count). The molecule has 1 aliphatic heterocycles. The molecule has 0 spiro atoms. The summed E-state index contributed by atoms with van der Waals surface area (Å²) < 4.78 is 23.5. The molecule has 0 saturated carbocycles. The number of nitrogens with one attached hydrogen (secondary N) is 1. The van der Waals surface area contributed by atoms with Crippen molar-refractivity contribution in [2.75, 3.05) is 13.1 Å². The van der Waals surface area contributed by atoms with Crippen molar-refractivity contribution in [2.45, 2.75) is 30.6 Å². The van der Waals surface area contributed by atoms with Gasteiger partial charge in [-0.3, -0.25) is 4.79 Å². The summed E-state index contributed by atoms with van der Waals surface area (Å²) in [4.78, 5) is 22.2. The monoisotopic (exact) mass is 398 g/mol. The van der Waals surface area contributed by atoms with Gasteiger partial charge in [0.25, 0.3) is 5.91 Å². The molecule has 146 valence electrons. The van der Waals surface area contributed by atoms with Gasteiger partial charge in [-0.05, 0) is 61.1 Å². The lowest BCUT2D eigenvalue weighted by Crippen LogP contribution is -2.38. The summed E-state index contributed by atoms with van der Waals surface area (Å²) in [6.45, 7) is 2.90. The smallest absolute Gasteiger partial charge is 0.253 e. The van der Waals surface area contributed by atoms with Gasteiger partial charge in [-0.2, -0.15) is 0 Å². The van der Waals surface area contributed by atoms with Crippen LogP contribution in [-0.4, -0.2) is 42.3 Å². The number of aromatic nitrogens is 2. The number of fused-ring (bicyclic) bond motifs is 1. The molecule has 3 aromatic rings. The predicted octanol–water partition coefficient (Wildman–Crippen LogP) is 2.54. The van der Waals surface area contributed by atoms with E-state index in [-0.39, 0.29) is 10.8 Å². The number of H-pyrrole nitrogens is 1. The third-order valence-corrected chi connectivity index (χ3v) is 6.50. The first-order chi connectivity index (χ1) is 13.3. The van der Waals surface area contributed by atoms with Gasteiger partial charge in [0, 0.05) is 36.4 Å². The predicted molar refractivity (Wildman–Crippen MR) is 107 cm³/mol. The Morgan fingerprint density at radius 3 is 2.71 bits per heavy atom. The average Bonchev–Trinajstić information content (AvgIpc) is 3.11. The van der Waals surface area contributed by atoms with Crippen LogP contribution in [0.1, 0.15) is 40.2 Å². The van der Waals surface area contributed by atoms with Gasteiger partial charge in [0.15, 0.2) is 0 Å². The van der Waals surface area contributed by atoms with Gasteiger partial charge in [0.1, 0.15) is 5.65 Å². The molecule has 1 aromatic carbocycles. The molecule has 1 amide bonds. The van der Waals surface area contributed by atoms with Crippen molar-refractivity contribution in [3.63, 3.8) is 0 Å². The minimum atomic E-state index is -3.86. The van der Waals surface area contributed by atoms with Crippen LogP contribution in [0.2, 0.25) is 0 Å². The fourth-order valence-electron chi connectivity index (χ4n) is 3.93. The second-order valence-corrected chi connectivity index (χ2v) is 8.77. The maximum Gasteiger partial charge on any atom is 0.253 e. The normalized spacial score (nSPS) is 15.9. The van der Waals surface area contributed by atoms with Gasteiger partial charge in [-0.1, -0.05) is 6.07 Å². The highest BCUT2D eigenvalue weighted by atomic mass is 32.2. The molecule has 2 aromatic heterocycles. The standard InChI is InChI=1S/C20H22N4O3S/c1-13-4-5-15(11-18(13)28(21,26)27)20(25)24-9-6-14(7-10-24)17-12-23-19-16(17)3-2-8-22-19/h2-5,8,11-12,14H,6-7,9-10H2,1H3,(H,22,23)(H2,21,26,27). The number of likely N-dealkylation sites (tertiary alicyclic amines) is 1. The molecule has 1 fully saturated rings. The maximum atomic E-state index is 12.9. The molecule has 0 bridgehead atoms. The number of aromatic amines is 1. The number of carbonyl (C=O) groups excluding carboxylic acids is 1.